The van der Waals surface area contributed by atoms with Crippen LogP contribution in [0.1, 0.15) is 78.9 Å². The molecular formula is C27H48O6. The fraction of sp³-hybridized carbons (Fsp3) is 0.778. The Kier molecular flexibility index (Phi) is 17.6. The highest BCUT2D eigenvalue weighted by atomic mass is 16.7. The Morgan fingerprint density at radius 2 is 0.909 bits per heavy atom. The zero-order valence-electron chi connectivity index (χ0n) is 21.8. The van der Waals surface area contributed by atoms with Gasteiger partial charge in [0.1, 0.15) is 0 Å². The summed E-state index contributed by atoms with van der Waals surface area (Å²) < 4.78 is 36.0. The molecule has 0 bridgehead atoms. The Morgan fingerprint density at radius 3 is 1.36 bits per heavy atom. The van der Waals surface area contributed by atoms with E-state index in [-0.39, 0.29) is 30.7 Å². The second-order valence-corrected chi connectivity index (χ2v) is 7.87. The first kappa shape index (κ1) is 30.0. The van der Waals surface area contributed by atoms with Gasteiger partial charge in [-0.25, -0.2) is 0 Å². The molecule has 1 aromatic rings. The number of ether oxygens (including phenoxy) is 6. The van der Waals surface area contributed by atoms with Gasteiger partial charge in [0.2, 0.25) is 0 Å². The van der Waals surface area contributed by atoms with Gasteiger partial charge >= 0.3 is 0 Å². The number of rotatable bonds is 21. The molecular weight excluding hydrogens is 420 g/mol. The lowest BCUT2D eigenvalue weighted by Gasteiger charge is -2.30. The van der Waals surface area contributed by atoms with Gasteiger partial charge in [0.15, 0.2) is 6.29 Å². The van der Waals surface area contributed by atoms with Gasteiger partial charge in [-0.3, -0.25) is 0 Å². The Balaban J connectivity index is 2.88. The monoisotopic (exact) mass is 468 g/mol. The van der Waals surface area contributed by atoms with E-state index < -0.39 is 0 Å². The first-order chi connectivity index (χ1) is 16.1. The predicted molar refractivity (Wildman–Crippen MR) is 133 cm³/mol. The molecule has 0 aromatic heterocycles. The van der Waals surface area contributed by atoms with E-state index in [2.05, 4.69) is 24.3 Å². The minimum atomic E-state index is -0.262. The van der Waals surface area contributed by atoms with Gasteiger partial charge in [-0.05, 0) is 53.5 Å². The molecule has 33 heavy (non-hydrogen) atoms. The van der Waals surface area contributed by atoms with Crippen molar-refractivity contribution in [3.63, 3.8) is 0 Å². The maximum atomic E-state index is 6.17. The van der Waals surface area contributed by atoms with Crippen LogP contribution in [0.3, 0.4) is 0 Å². The smallest absolute Gasteiger partial charge is 0.160 e. The third kappa shape index (κ3) is 12.9. The van der Waals surface area contributed by atoms with Crippen molar-refractivity contribution in [1.29, 1.82) is 0 Å². The van der Waals surface area contributed by atoms with E-state index >= 15 is 0 Å². The van der Waals surface area contributed by atoms with Crippen molar-refractivity contribution in [2.45, 2.75) is 97.9 Å². The van der Waals surface area contributed by atoms with Crippen LogP contribution in [-0.4, -0.2) is 64.2 Å². The van der Waals surface area contributed by atoms with Crippen molar-refractivity contribution in [1.82, 2.24) is 0 Å². The van der Waals surface area contributed by atoms with Gasteiger partial charge in [0.25, 0.3) is 0 Å². The third-order valence-corrected chi connectivity index (χ3v) is 5.44. The second kappa shape index (κ2) is 19.3. The summed E-state index contributed by atoms with van der Waals surface area (Å²) in [5.74, 6) is 0. The fourth-order valence-corrected chi connectivity index (χ4v) is 4.17. The normalized spacial score (nSPS) is 15.5. The molecule has 4 atom stereocenters. The summed E-state index contributed by atoms with van der Waals surface area (Å²) in [6.45, 7) is 15.9. The SMILES string of the molecule is CCOC(CC(CC(OCC)OCC)OCC)CC(CC(OCC)c1ccccc1)OCC. The van der Waals surface area contributed by atoms with E-state index in [0.717, 1.165) is 19.3 Å². The lowest BCUT2D eigenvalue weighted by Crippen LogP contribution is -2.33. The van der Waals surface area contributed by atoms with Crippen molar-refractivity contribution in [3.05, 3.63) is 35.9 Å². The predicted octanol–water partition coefficient (Wildman–Crippen LogP) is 5.94. The van der Waals surface area contributed by atoms with Crippen LogP contribution in [0.25, 0.3) is 0 Å². The minimum Gasteiger partial charge on any atom is -0.378 e. The van der Waals surface area contributed by atoms with Crippen LogP contribution < -0.4 is 0 Å². The molecule has 1 rings (SSSR count). The van der Waals surface area contributed by atoms with Crippen LogP contribution in [0.4, 0.5) is 0 Å². The molecule has 0 aliphatic heterocycles. The summed E-state index contributed by atoms with van der Waals surface area (Å²) in [5.41, 5.74) is 1.18. The molecule has 0 fully saturated rings. The summed E-state index contributed by atoms with van der Waals surface area (Å²) in [6, 6.07) is 10.4. The molecule has 192 valence electrons. The maximum absolute atomic E-state index is 6.17. The molecule has 0 amide bonds. The molecule has 0 spiro atoms. The Morgan fingerprint density at radius 1 is 0.485 bits per heavy atom. The van der Waals surface area contributed by atoms with Crippen molar-refractivity contribution >= 4 is 0 Å². The molecule has 0 aliphatic carbocycles. The lowest BCUT2D eigenvalue weighted by molar-refractivity contribution is -0.161. The Bertz CT molecular complexity index is 549. The molecule has 6 heteroatoms. The summed E-state index contributed by atoms with van der Waals surface area (Å²) >= 11 is 0. The van der Waals surface area contributed by atoms with Gasteiger partial charge in [0.05, 0.1) is 24.4 Å². The average Bonchev–Trinajstić information content (AvgIpc) is 2.80. The molecule has 0 aliphatic rings. The number of benzene rings is 1. The zero-order chi connectivity index (χ0) is 24.3. The molecule has 0 N–H and O–H groups in total. The zero-order valence-corrected chi connectivity index (χ0v) is 21.8. The summed E-state index contributed by atoms with van der Waals surface area (Å²) in [6.07, 6.45) is 2.81. The van der Waals surface area contributed by atoms with Crippen LogP contribution in [0.2, 0.25) is 0 Å². The quantitative estimate of drug-likeness (QED) is 0.208. The molecule has 0 radical (unpaired) electrons. The number of hydrogen-bond donors (Lipinski definition) is 0. The molecule has 0 saturated heterocycles. The standard InChI is InChI=1S/C27H48O6/c1-7-28-23(19-25(30-9-3)21-27(32-11-5)33-12-6)18-24(29-8-2)20-26(31-10-4)22-16-14-13-15-17-22/h13-17,23-27H,7-12,18-21H2,1-6H3. The number of hydrogen-bond acceptors (Lipinski definition) is 6. The maximum Gasteiger partial charge on any atom is 0.160 e. The highest BCUT2D eigenvalue weighted by molar-refractivity contribution is 5.17. The highest BCUT2D eigenvalue weighted by Crippen LogP contribution is 2.28. The molecule has 6 nitrogen and oxygen atoms in total. The van der Waals surface area contributed by atoms with Crippen LogP contribution >= 0.6 is 0 Å². The topological polar surface area (TPSA) is 55.4 Å². The van der Waals surface area contributed by atoms with Gasteiger partial charge in [-0.15, -0.1) is 0 Å². The molecule has 0 heterocycles. The van der Waals surface area contributed by atoms with E-state index in [1.165, 1.54) is 5.56 Å². The third-order valence-electron chi connectivity index (χ3n) is 5.44. The van der Waals surface area contributed by atoms with Gasteiger partial charge < -0.3 is 28.4 Å². The first-order valence-corrected chi connectivity index (χ1v) is 12.9. The van der Waals surface area contributed by atoms with Crippen LogP contribution in [0, 0.1) is 0 Å². The van der Waals surface area contributed by atoms with Crippen LogP contribution in [0.15, 0.2) is 30.3 Å². The van der Waals surface area contributed by atoms with Gasteiger partial charge in [-0.2, -0.15) is 0 Å². The van der Waals surface area contributed by atoms with E-state index in [9.17, 15) is 0 Å². The van der Waals surface area contributed by atoms with E-state index in [1.807, 2.05) is 47.6 Å². The van der Waals surface area contributed by atoms with Crippen molar-refractivity contribution in [2.75, 3.05) is 39.6 Å². The van der Waals surface area contributed by atoms with E-state index in [0.29, 0.717) is 46.1 Å². The van der Waals surface area contributed by atoms with Gasteiger partial charge in [0, 0.05) is 58.9 Å². The second-order valence-electron chi connectivity index (χ2n) is 7.87. The lowest BCUT2D eigenvalue weighted by atomic mass is 9.96. The van der Waals surface area contributed by atoms with Crippen LogP contribution in [0.5, 0.6) is 0 Å². The largest absolute Gasteiger partial charge is 0.378 e. The fourth-order valence-electron chi connectivity index (χ4n) is 4.17. The minimum absolute atomic E-state index is 0.00185. The van der Waals surface area contributed by atoms with Crippen LogP contribution in [-0.2, 0) is 28.4 Å². The summed E-state index contributed by atoms with van der Waals surface area (Å²) in [7, 11) is 0. The van der Waals surface area contributed by atoms with E-state index in [1.54, 1.807) is 0 Å². The first-order valence-electron chi connectivity index (χ1n) is 12.9. The molecule has 1 aromatic carbocycles. The highest BCUT2D eigenvalue weighted by Gasteiger charge is 2.27. The average molecular weight is 469 g/mol. The molecule has 4 unspecified atom stereocenters. The van der Waals surface area contributed by atoms with Crippen molar-refractivity contribution in [2.24, 2.45) is 0 Å². The summed E-state index contributed by atoms with van der Waals surface area (Å²) in [4.78, 5) is 0. The summed E-state index contributed by atoms with van der Waals surface area (Å²) in [5, 5.41) is 0. The Labute approximate surface area is 202 Å². The molecule has 0 saturated carbocycles. The van der Waals surface area contributed by atoms with Crippen molar-refractivity contribution < 1.29 is 28.4 Å². The van der Waals surface area contributed by atoms with Gasteiger partial charge in [-0.1, -0.05) is 30.3 Å². The van der Waals surface area contributed by atoms with E-state index in [4.69, 9.17) is 28.4 Å². The Hall–Kier alpha value is -1.02. The van der Waals surface area contributed by atoms with Crippen molar-refractivity contribution in [3.8, 4) is 0 Å².